The number of aliphatic imine (C=N–C) groups is 1. The minimum absolute atomic E-state index is 0.815. The fourth-order valence-electron chi connectivity index (χ4n) is 4.31. The summed E-state index contributed by atoms with van der Waals surface area (Å²) in [5, 5.41) is 13.5. The maximum absolute atomic E-state index is 4.86. The van der Waals surface area contributed by atoms with E-state index in [0.29, 0.717) is 0 Å². The summed E-state index contributed by atoms with van der Waals surface area (Å²) >= 11 is 1.88. The third-order valence-electron chi connectivity index (χ3n) is 5.88. The summed E-state index contributed by atoms with van der Waals surface area (Å²) in [6, 6.07) is 0. The summed E-state index contributed by atoms with van der Waals surface area (Å²) < 4.78 is 2.35. The molecule has 0 atom stereocenters. The molecule has 3 heterocycles. The molecule has 29 heavy (non-hydrogen) atoms. The van der Waals surface area contributed by atoms with Gasteiger partial charge >= 0.3 is 0 Å². The smallest absolute Gasteiger partial charge is 0.193 e. The molecule has 7 nitrogen and oxygen atoms in total. The number of aromatic nitrogens is 4. The van der Waals surface area contributed by atoms with Crippen molar-refractivity contribution in [1.82, 2.24) is 30.0 Å². The minimum atomic E-state index is 0.815. The summed E-state index contributed by atoms with van der Waals surface area (Å²) in [5.41, 5.74) is 1.33. The lowest BCUT2D eigenvalue weighted by Gasteiger charge is -2.21. The number of thiazole rings is 1. The normalized spacial score (nSPS) is 16.8. The van der Waals surface area contributed by atoms with Crippen molar-refractivity contribution in [3.05, 3.63) is 27.2 Å². The Morgan fingerprint density at radius 2 is 2.00 bits per heavy atom. The number of hydrogen-bond donors (Lipinski definition) is 1. The van der Waals surface area contributed by atoms with E-state index in [2.05, 4.69) is 37.0 Å². The van der Waals surface area contributed by atoms with Crippen LogP contribution in [0.1, 0.15) is 65.8 Å². The first kappa shape index (κ1) is 20.3. The van der Waals surface area contributed by atoms with E-state index in [1.807, 2.05) is 18.4 Å². The Morgan fingerprint density at radius 3 is 2.86 bits per heavy atom. The highest BCUT2D eigenvalue weighted by atomic mass is 32.1. The zero-order chi connectivity index (χ0) is 20.1. The van der Waals surface area contributed by atoms with Gasteiger partial charge in [-0.15, -0.1) is 21.5 Å². The molecule has 1 aliphatic carbocycles. The molecule has 0 spiro atoms. The zero-order valence-electron chi connectivity index (χ0n) is 17.8. The van der Waals surface area contributed by atoms with Gasteiger partial charge in [-0.05, 0) is 44.9 Å². The van der Waals surface area contributed by atoms with Crippen molar-refractivity contribution in [3.8, 4) is 0 Å². The zero-order valence-corrected chi connectivity index (χ0v) is 18.6. The molecule has 158 valence electrons. The van der Waals surface area contributed by atoms with Crippen LogP contribution in [-0.4, -0.2) is 51.2 Å². The highest BCUT2D eigenvalue weighted by molar-refractivity contribution is 7.11. The van der Waals surface area contributed by atoms with Gasteiger partial charge in [0.15, 0.2) is 5.96 Å². The average Bonchev–Trinajstić information content (AvgIpc) is 3.23. The van der Waals surface area contributed by atoms with Crippen LogP contribution >= 0.6 is 11.3 Å². The number of nitrogens with zero attached hydrogens (tertiary/aromatic N) is 6. The number of hydrogen-bond acceptors (Lipinski definition) is 5. The van der Waals surface area contributed by atoms with Crippen LogP contribution in [0.25, 0.3) is 0 Å². The van der Waals surface area contributed by atoms with Crippen molar-refractivity contribution >= 4 is 17.3 Å². The van der Waals surface area contributed by atoms with Gasteiger partial charge in [-0.2, -0.15) is 0 Å². The molecule has 0 unspecified atom stereocenters. The van der Waals surface area contributed by atoms with E-state index < -0.39 is 0 Å². The number of fused-ring (bicyclic) bond motifs is 2. The fraction of sp³-hybridized carbons (Fsp3) is 0.714. The fourth-order valence-corrected chi connectivity index (χ4v) is 5.52. The largest absolute Gasteiger partial charge is 0.356 e. The Morgan fingerprint density at radius 1 is 1.14 bits per heavy atom. The Hall–Kier alpha value is -1.96. The van der Waals surface area contributed by atoms with Gasteiger partial charge in [-0.3, -0.25) is 4.99 Å². The molecule has 8 heteroatoms. The topological polar surface area (TPSA) is 71.2 Å². The van der Waals surface area contributed by atoms with Crippen LogP contribution in [0, 0.1) is 0 Å². The van der Waals surface area contributed by atoms with Gasteiger partial charge in [0, 0.05) is 44.9 Å². The van der Waals surface area contributed by atoms with E-state index >= 15 is 0 Å². The van der Waals surface area contributed by atoms with Crippen molar-refractivity contribution < 1.29 is 0 Å². The van der Waals surface area contributed by atoms with Crippen LogP contribution in [0.3, 0.4) is 0 Å². The maximum atomic E-state index is 4.86. The monoisotopic (exact) mass is 415 g/mol. The molecule has 0 fully saturated rings. The molecule has 4 rings (SSSR count). The summed E-state index contributed by atoms with van der Waals surface area (Å²) in [4.78, 5) is 13.0. The molecule has 1 N–H and O–H groups in total. The van der Waals surface area contributed by atoms with Gasteiger partial charge in [0.1, 0.15) is 16.7 Å². The van der Waals surface area contributed by atoms with Crippen LogP contribution < -0.4 is 5.32 Å². The average molecular weight is 416 g/mol. The van der Waals surface area contributed by atoms with E-state index in [0.717, 1.165) is 57.1 Å². The molecule has 2 aromatic rings. The lowest BCUT2D eigenvalue weighted by Crippen LogP contribution is -2.39. The van der Waals surface area contributed by atoms with E-state index in [9.17, 15) is 0 Å². The Kier molecular flexibility index (Phi) is 6.79. The summed E-state index contributed by atoms with van der Waals surface area (Å²) in [6.07, 6.45) is 11.8. The molecular weight excluding hydrogens is 382 g/mol. The number of nitrogens with one attached hydrogen (secondary N) is 1. The van der Waals surface area contributed by atoms with Gasteiger partial charge in [0.2, 0.25) is 0 Å². The third-order valence-corrected chi connectivity index (χ3v) is 7.02. The molecule has 0 radical (unpaired) electrons. The summed E-state index contributed by atoms with van der Waals surface area (Å²) in [6.45, 7) is 2.77. The molecule has 0 saturated carbocycles. The van der Waals surface area contributed by atoms with Crippen molar-refractivity contribution in [2.24, 2.45) is 4.99 Å². The Bertz CT molecular complexity index is 815. The van der Waals surface area contributed by atoms with Crippen LogP contribution in [0.2, 0.25) is 0 Å². The first-order chi connectivity index (χ1) is 14.2. The minimum Gasteiger partial charge on any atom is -0.356 e. The molecule has 2 aliphatic rings. The van der Waals surface area contributed by atoms with Gasteiger partial charge in [0.25, 0.3) is 0 Å². The Balaban J connectivity index is 1.25. The highest BCUT2D eigenvalue weighted by Gasteiger charge is 2.17. The predicted molar refractivity (Wildman–Crippen MR) is 117 cm³/mol. The molecule has 2 aromatic heterocycles. The van der Waals surface area contributed by atoms with E-state index in [4.69, 9.17) is 4.98 Å². The van der Waals surface area contributed by atoms with Gasteiger partial charge in [-0.1, -0.05) is 6.42 Å². The number of guanidine groups is 1. The second-order valence-electron chi connectivity index (χ2n) is 8.11. The summed E-state index contributed by atoms with van der Waals surface area (Å²) in [5.74, 6) is 3.24. The van der Waals surface area contributed by atoms with Crippen molar-refractivity contribution in [2.75, 3.05) is 20.6 Å². The second-order valence-corrected chi connectivity index (χ2v) is 9.28. The van der Waals surface area contributed by atoms with E-state index in [1.165, 1.54) is 59.9 Å². The Labute approximate surface area is 177 Å². The predicted octanol–water partition coefficient (Wildman–Crippen LogP) is 2.98. The van der Waals surface area contributed by atoms with Crippen molar-refractivity contribution in [1.29, 1.82) is 0 Å². The maximum Gasteiger partial charge on any atom is 0.193 e. The van der Waals surface area contributed by atoms with Crippen LogP contribution in [0.5, 0.6) is 0 Å². The van der Waals surface area contributed by atoms with Gasteiger partial charge < -0.3 is 14.8 Å². The van der Waals surface area contributed by atoms with E-state index in [1.54, 1.807) is 0 Å². The SMILES string of the molecule is CN=C(NCCCc1nnc2n1CCCCC2)N(C)Cc1nc2c(s1)CCCC2. The lowest BCUT2D eigenvalue weighted by atomic mass is 10.0. The first-order valence-corrected chi connectivity index (χ1v) is 11.9. The van der Waals surface area contributed by atoms with Crippen LogP contribution in [-0.2, 0) is 38.8 Å². The standard InChI is InChI=1S/C21H33N7S/c1-22-21(27(2)15-20-24-16-9-5-6-10-17(16)29-20)23-13-8-12-19-26-25-18-11-4-3-7-14-28(18)19/h3-15H2,1-2H3,(H,22,23). The quantitative estimate of drug-likeness (QED) is 0.446. The van der Waals surface area contributed by atoms with Crippen LogP contribution in [0.15, 0.2) is 4.99 Å². The first-order valence-electron chi connectivity index (χ1n) is 11.0. The third kappa shape index (κ3) is 4.97. The second kappa shape index (κ2) is 9.69. The van der Waals surface area contributed by atoms with Crippen molar-refractivity contribution in [3.63, 3.8) is 0 Å². The molecular formula is C21H33N7S. The molecule has 0 aromatic carbocycles. The molecule has 0 amide bonds. The van der Waals surface area contributed by atoms with Gasteiger partial charge in [-0.25, -0.2) is 4.98 Å². The molecule has 0 saturated heterocycles. The van der Waals surface area contributed by atoms with E-state index in [-0.39, 0.29) is 0 Å². The number of rotatable bonds is 6. The molecule has 1 aliphatic heterocycles. The summed E-state index contributed by atoms with van der Waals surface area (Å²) in [7, 11) is 3.94. The van der Waals surface area contributed by atoms with Crippen LogP contribution in [0.4, 0.5) is 0 Å². The number of aryl methyl sites for hydroxylation is 4. The molecule has 0 bridgehead atoms. The van der Waals surface area contributed by atoms with Crippen molar-refractivity contribution in [2.45, 2.75) is 77.3 Å². The highest BCUT2D eigenvalue weighted by Crippen LogP contribution is 2.27. The lowest BCUT2D eigenvalue weighted by molar-refractivity contribution is 0.473. The van der Waals surface area contributed by atoms with Gasteiger partial charge in [0.05, 0.1) is 12.2 Å².